The highest BCUT2D eigenvalue weighted by Gasteiger charge is 2.37. The third-order valence-corrected chi connectivity index (χ3v) is 7.60. The van der Waals surface area contributed by atoms with E-state index in [1.54, 1.807) is 6.20 Å². The van der Waals surface area contributed by atoms with Gasteiger partial charge in [0.25, 0.3) is 0 Å². The van der Waals surface area contributed by atoms with Crippen molar-refractivity contribution >= 4 is 15.8 Å². The second kappa shape index (κ2) is 10.3. The number of rotatable bonds is 7. The van der Waals surface area contributed by atoms with Gasteiger partial charge in [0.2, 0.25) is 10.0 Å². The highest BCUT2D eigenvalue weighted by Crippen LogP contribution is 2.35. The van der Waals surface area contributed by atoms with Crippen molar-refractivity contribution in [1.29, 1.82) is 0 Å². The molecule has 1 aliphatic carbocycles. The van der Waals surface area contributed by atoms with Crippen LogP contribution in [0.1, 0.15) is 44.1 Å². The molecule has 3 atom stereocenters. The van der Waals surface area contributed by atoms with Crippen LogP contribution in [0.25, 0.3) is 0 Å². The Morgan fingerprint density at radius 2 is 1.75 bits per heavy atom. The fourth-order valence-electron chi connectivity index (χ4n) is 5.29. The molecule has 1 aliphatic heterocycles. The van der Waals surface area contributed by atoms with Crippen LogP contribution in [0.5, 0.6) is 0 Å². The maximum Gasteiger partial charge on any atom is 0.208 e. The third-order valence-electron chi connectivity index (χ3n) is 6.90. The second-order valence-corrected chi connectivity index (χ2v) is 11.2. The van der Waals surface area contributed by atoms with Crippen molar-refractivity contribution in [2.24, 2.45) is 11.8 Å². The summed E-state index contributed by atoms with van der Waals surface area (Å²) in [6.45, 7) is 4.16. The summed E-state index contributed by atoms with van der Waals surface area (Å²) in [6.07, 6.45) is 7.67. The van der Waals surface area contributed by atoms with Crippen molar-refractivity contribution in [3.05, 3.63) is 60.3 Å². The van der Waals surface area contributed by atoms with Gasteiger partial charge in [-0.15, -0.1) is 0 Å². The van der Waals surface area contributed by atoms with Crippen LogP contribution in [-0.4, -0.2) is 51.5 Å². The first kappa shape index (κ1) is 23.2. The lowest BCUT2D eigenvalue weighted by Crippen LogP contribution is -2.57. The molecule has 2 aliphatic rings. The summed E-state index contributed by atoms with van der Waals surface area (Å²) in [6, 6.07) is 16.5. The van der Waals surface area contributed by atoms with Gasteiger partial charge in [0.05, 0.1) is 19.0 Å². The maximum absolute atomic E-state index is 12.0. The number of anilines is 1. The molecule has 0 unspecified atom stereocenters. The minimum Gasteiger partial charge on any atom is -0.378 e. The zero-order valence-electron chi connectivity index (χ0n) is 19.1. The van der Waals surface area contributed by atoms with E-state index in [-0.39, 0.29) is 24.0 Å². The van der Waals surface area contributed by atoms with Crippen LogP contribution in [0, 0.1) is 11.8 Å². The smallest absolute Gasteiger partial charge is 0.208 e. The first-order valence-electron chi connectivity index (χ1n) is 11.7. The Kier molecular flexibility index (Phi) is 7.48. The van der Waals surface area contributed by atoms with Crippen molar-refractivity contribution in [2.75, 3.05) is 30.9 Å². The molecular formula is C25H35N3O3S. The van der Waals surface area contributed by atoms with Crippen LogP contribution in [-0.2, 0) is 14.8 Å². The molecule has 174 valence electrons. The summed E-state index contributed by atoms with van der Waals surface area (Å²) >= 11 is 0. The van der Waals surface area contributed by atoms with Crippen molar-refractivity contribution in [3.8, 4) is 0 Å². The van der Waals surface area contributed by atoms with Crippen LogP contribution < -0.4 is 9.62 Å². The minimum absolute atomic E-state index is 0.0716. The number of piperidine rings is 1. The molecule has 1 aromatic heterocycles. The molecule has 0 spiro atoms. The average molecular weight is 458 g/mol. The molecule has 4 rings (SSSR count). The second-order valence-electron chi connectivity index (χ2n) is 9.46. The van der Waals surface area contributed by atoms with E-state index in [4.69, 9.17) is 4.74 Å². The van der Waals surface area contributed by atoms with E-state index in [0.717, 1.165) is 44.6 Å². The Morgan fingerprint density at radius 3 is 2.41 bits per heavy atom. The van der Waals surface area contributed by atoms with Crippen molar-refractivity contribution in [3.63, 3.8) is 0 Å². The Morgan fingerprint density at radius 1 is 1.03 bits per heavy atom. The van der Waals surface area contributed by atoms with Crippen LogP contribution >= 0.6 is 0 Å². The number of pyridine rings is 1. The molecule has 2 fully saturated rings. The van der Waals surface area contributed by atoms with Gasteiger partial charge in [-0.25, -0.2) is 18.1 Å². The molecule has 0 radical (unpaired) electrons. The van der Waals surface area contributed by atoms with Crippen LogP contribution in [0.3, 0.4) is 0 Å². The quantitative estimate of drug-likeness (QED) is 0.685. The van der Waals surface area contributed by atoms with Crippen molar-refractivity contribution in [1.82, 2.24) is 9.71 Å². The Labute approximate surface area is 192 Å². The number of nitrogens with zero attached hydrogens (tertiary/aromatic N) is 2. The Balaban J connectivity index is 1.38. The molecule has 1 aromatic carbocycles. The van der Waals surface area contributed by atoms with Gasteiger partial charge in [-0.05, 0) is 55.2 Å². The first-order valence-corrected chi connectivity index (χ1v) is 13.6. The number of nitrogens with one attached hydrogen (secondary N) is 1. The summed E-state index contributed by atoms with van der Waals surface area (Å²) in [7, 11) is -3.29. The lowest BCUT2D eigenvalue weighted by Gasteiger charge is -2.43. The number of benzene rings is 1. The number of aromatic nitrogens is 1. The number of sulfonamides is 1. The van der Waals surface area contributed by atoms with E-state index in [2.05, 4.69) is 51.9 Å². The van der Waals surface area contributed by atoms with Crippen LogP contribution in [0.2, 0.25) is 0 Å². The van der Waals surface area contributed by atoms with Gasteiger partial charge >= 0.3 is 0 Å². The fraction of sp³-hybridized carbons (Fsp3) is 0.560. The molecule has 0 amide bonds. The average Bonchev–Trinajstić information content (AvgIpc) is 2.80. The van der Waals surface area contributed by atoms with E-state index in [1.165, 1.54) is 11.8 Å². The van der Waals surface area contributed by atoms with Crippen molar-refractivity contribution < 1.29 is 13.2 Å². The molecule has 32 heavy (non-hydrogen) atoms. The van der Waals surface area contributed by atoms with Gasteiger partial charge in [0.15, 0.2) is 0 Å². The standard InChI is InChI=1S/C25H35N3O3S/c1-19-16-28(24-10-6-7-15-26-24)17-22(25(19)27-32(2,29)30)18-31-23-13-11-21(12-14-23)20-8-4-3-5-9-20/h3-10,15,19,21-23,25,27H,11-14,16-18H2,1-2H3/t19-,21?,22-,23?,25-/m0/s1. The normalized spacial score (nSPS) is 29.1. The van der Waals surface area contributed by atoms with Gasteiger partial charge in [-0.1, -0.05) is 43.3 Å². The molecule has 1 saturated heterocycles. The van der Waals surface area contributed by atoms with Gasteiger partial charge < -0.3 is 9.64 Å². The topological polar surface area (TPSA) is 71.5 Å². The van der Waals surface area contributed by atoms with E-state index < -0.39 is 10.0 Å². The number of hydrogen-bond acceptors (Lipinski definition) is 5. The first-order chi connectivity index (χ1) is 15.4. The fourth-order valence-corrected chi connectivity index (χ4v) is 6.21. The molecular weight excluding hydrogens is 422 g/mol. The highest BCUT2D eigenvalue weighted by atomic mass is 32.2. The van der Waals surface area contributed by atoms with E-state index in [1.807, 2.05) is 18.2 Å². The molecule has 7 heteroatoms. The zero-order chi connectivity index (χ0) is 22.6. The van der Waals surface area contributed by atoms with E-state index >= 15 is 0 Å². The zero-order valence-corrected chi connectivity index (χ0v) is 19.9. The SMILES string of the molecule is C[C@H]1CN(c2ccccn2)C[C@@H](COC2CCC(c3ccccc3)CC2)[C@H]1NS(C)(=O)=O. The summed E-state index contributed by atoms with van der Waals surface area (Å²) in [4.78, 5) is 6.76. The summed E-state index contributed by atoms with van der Waals surface area (Å²) in [5.41, 5.74) is 1.43. The molecule has 2 heterocycles. The Bertz CT molecular complexity index is 947. The molecule has 1 N–H and O–H groups in total. The predicted molar refractivity (Wildman–Crippen MR) is 128 cm³/mol. The molecule has 1 saturated carbocycles. The van der Waals surface area contributed by atoms with E-state index in [0.29, 0.717) is 12.5 Å². The van der Waals surface area contributed by atoms with Gasteiger partial charge in [-0.3, -0.25) is 0 Å². The lowest BCUT2D eigenvalue weighted by atomic mass is 9.82. The Hall–Kier alpha value is -1.96. The van der Waals surface area contributed by atoms with Gasteiger partial charge in [0.1, 0.15) is 5.82 Å². The largest absolute Gasteiger partial charge is 0.378 e. The van der Waals surface area contributed by atoms with Crippen LogP contribution in [0.15, 0.2) is 54.7 Å². The van der Waals surface area contributed by atoms with Gasteiger partial charge in [-0.2, -0.15) is 0 Å². The molecule has 2 aromatic rings. The molecule has 0 bridgehead atoms. The monoisotopic (exact) mass is 457 g/mol. The van der Waals surface area contributed by atoms with Crippen molar-refractivity contribution in [2.45, 2.75) is 50.7 Å². The summed E-state index contributed by atoms with van der Waals surface area (Å²) < 4.78 is 33.4. The maximum atomic E-state index is 12.0. The number of ether oxygens (including phenoxy) is 1. The highest BCUT2D eigenvalue weighted by molar-refractivity contribution is 7.88. The summed E-state index contributed by atoms with van der Waals surface area (Å²) in [5, 5.41) is 0. The number of hydrogen-bond donors (Lipinski definition) is 1. The summed E-state index contributed by atoms with van der Waals surface area (Å²) in [5.74, 6) is 1.78. The van der Waals surface area contributed by atoms with Gasteiger partial charge in [0, 0.05) is 31.2 Å². The third kappa shape index (κ3) is 6.09. The molecule has 6 nitrogen and oxygen atoms in total. The predicted octanol–water partition coefficient (Wildman–Crippen LogP) is 3.81. The minimum atomic E-state index is -3.29. The lowest BCUT2D eigenvalue weighted by molar-refractivity contribution is -0.00624. The van der Waals surface area contributed by atoms with E-state index in [9.17, 15) is 8.42 Å². The van der Waals surface area contributed by atoms with Crippen LogP contribution in [0.4, 0.5) is 5.82 Å².